The lowest BCUT2D eigenvalue weighted by Gasteiger charge is -2.18. The predicted octanol–water partition coefficient (Wildman–Crippen LogP) is 1.54. The second-order valence-corrected chi connectivity index (χ2v) is 4.88. The Morgan fingerprint density at radius 1 is 1.53 bits per heavy atom. The van der Waals surface area contributed by atoms with Crippen LogP contribution in [0.1, 0.15) is 38.3 Å². The average Bonchev–Trinajstić information content (AvgIpc) is 2.99. The van der Waals surface area contributed by atoms with E-state index in [4.69, 9.17) is 0 Å². The minimum absolute atomic E-state index is 0.185. The van der Waals surface area contributed by atoms with E-state index in [2.05, 4.69) is 17.3 Å². The first-order valence-corrected chi connectivity index (χ1v) is 6.70. The fraction of sp³-hybridized carbons (Fsp3) is 0.769. The van der Waals surface area contributed by atoms with Crippen LogP contribution in [-0.4, -0.2) is 27.5 Å². The maximum absolute atomic E-state index is 10.0. The minimum atomic E-state index is -0.185. The molecular weight excluding hydrogens is 214 g/mol. The van der Waals surface area contributed by atoms with Crippen molar-refractivity contribution in [2.24, 2.45) is 5.92 Å². The van der Waals surface area contributed by atoms with E-state index in [0.29, 0.717) is 12.5 Å². The largest absolute Gasteiger partial charge is 0.392 e. The molecule has 96 valence electrons. The molecule has 0 spiro atoms. The summed E-state index contributed by atoms with van der Waals surface area (Å²) in [7, 11) is 0. The number of aliphatic hydroxyl groups is 1. The van der Waals surface area contributed by atoms with Crippen molar-refractivity contribution in [3.63, 3.8) is 0 Å². The van der Waals surface area contributed by atoms with Gasteiger partial charge in [-0.25, -0.2) is 0 Å². The van der Waals surface area contributed by atoms with Crippen LogP contribution in [0.5, 0.6) is 0 Å². The van der Waals surface area contributed by atoms with Crippen LogP contribution in [0.4, 0.5) is 0 Å². The van der Waals surface area contributed by atoms with Gasteiger partial charge in [0.1, 0.15) is 0 Å². The Morgan fingerprint density at radius 2 is 2.29 bits per heavy atom. The van der Waals surface area contributed by atoms with Crippen molar-refractivity contribution in [3.8, 4) is 0 Å². The number of nitrogens with zero attached hydrogens (tertiary/aromatic N) is 2. The van der Waals surface area contributed by atoms with Gasteiger partial charge in [-0.05, 0) is 31.7 Å². The molecule has 1 fully saturated rings. The quantitative estimate of drug-likeness (QED) is 0.789. The van der Waals surface area contributed by atoms with Crippen LogP contribution in [-0.2, 0) is 13.1 Å². The first kappa shape index (κ1) is 12.6. The molecule has 0 bridgehead atoms. The molecule has 2 rings (SSSR count). The second-order valence-electron chi connectivity index (χ2n) is 4.88. The fourth-order valence-corrected chi connectivity index (χ4v) is 2.65. The normalized spacial score (nSPS) is 18.7. The molecule has 0 radical (unpaired) electrons. The Balaban J connectivity index is 1.71. The van der Waals surface area contributed by atoms with Crippen LogP contribution in [0.15, 0.2) is 12.3 Å². The number of aliphatic hydroxyl groups excluding tert-OH is 1. The summed E-state index contributed by atoms with van der Waals surface area (Å²) in [6, 6.07) is 2.03. The summed E-state index contributed by atoms with van der Waals surface area (Å²) in [6.45, 7) is 4.47. The zero-order chi connectivity index (χ0) is 12.1. The summed E-state index contributed by atoms with van der Waals surface area (Å²) in [4.78, 5) is 0. The van der Waals surface area contributed by atoms with Gasteiger partial charge < -0.3 is 10.4 Å². The molecular formula is C13H23N3O. The maximum atomic E-state index is 10.0. The lowest BCUT2D eigenvalue weighted by molar-refractivity contribution is 0.109. The lowest BCUT2D eigenvalue weighted by Crippen LogP contribution is -2.32. The molecule has 1 atom stereocenters. The van der Waals surface area contributed by atoms with E-state index < -0.39 is 0 Å². The molecule has 1 aromatic rings. The van der Waals surface area contributed by atoms with Crippen LogP contribution in [0.25, 0.3) is 0 Å². The minimum Gasteiger partial charge on any atom is -0.392 e. The molecule has 1 saturated carbocycles. The summed E-state index contributed by atoms with van der Waals surface area (Å²) < 4.78 is 1.98. The second kappa shape index (κ2) is 6.17. The molecule has 0 saturated heterocycles. The van der Waals surface area contributed by atoms with Gasteiger partial charge in [-0.15, -0.1) is 0 Å². The summed E-state index contributed by atoms with van der Waals surface area (Å²) in [5.74, 6) is 0.513. The Kier molecular flexibility index (Phi) is 4.57. The zero-order valence-corrected chi connectivity index (χ0v) is 10.6. The number of rotatable bonds is 6. The smallest absolute Gasteiger partial charge is 0.0692 e. The molecule has 1 aromatic heterocycles. The molecule has 2 N–H and O–H groups in total. The van der Waals surface area contributed by atoms with Crippen LogP contribution in [0.3, 0.4) is 0 Å². The van der Waals surface area contributed by atoms with Gasteiger partial charge >= 0.3 is 0 Å². The van der Waals surface area contributed by atoms with Gasteiger partial charge in [0.15, 0.2) is 0 Å². The number of hydrogen-bond acceptors (Lipinski definition) is 3. The Bertz CT molecular complexity index is 331. The fourth-order valence-electron chi connectivity index (χ4n) is 2.65. The standard InChI is InChI=1S/C13H23N3O/c1-2-16-12(7-8-15-16)9-14-10-13(17)11-5-3-4-6-11/h7-8,11,13-14,17H,2-6,9-10H2,1H3. The van der Waals surface area contributed by atoms with Crippen molar-refractivity contribution >= 4 is 0 Å². The first-order valence-electron chi connectivity index (χ1n) is 6.70. The summed E-state index contributed by atoms with van der Waals surface area (Å²) >= 11 is 0. The number of aromatic nitrogens is 2. The summed E-state index contributed by atoms with van der Waals surface area (Å²) in [5, 5.41) is 17.6. The van der Waals surface area contributed by atoms with Gasteiger partial charge in [-0.1, -0.05) is 12.8 Å². The third-order valence-electron chi connectivity index (χ3n) is 3.71. The van der Waals surface area contributed by atoms with E-state index >= 15 is 0 Å². The van der Waals surface area contributed by atoms with Crippen molar-refractivity contribution in [1.29, 1.82) is 0 Å². The topological polar surface area (TPSA) is 50.1 Å². The maximum Gasteiger partial charge on any atom is 0.0692 e. The van der Waals surface area contributed by atoms with E-state index in [0.717, 1.165) is 13.1 Å². The van der Waals surface area contributed by atoms with Crippen LogP contribution in [0, 0.1) is 5.92 Å². The van der Waals surface area contributed by atoms with Gasteiger partial charge in [0.25, 0.3) is 0 Å². The number of nitrogens with one attached hydrogen (secondary N) is 1. The third kappa shape index (κ3) is 3.30. The molecule has 0 amide bonds. The molecule has 1 aliphatic rings. The van der Waals surface area contributed by atoms with E-state index in [1.165, 1.54) is 31.4 Å². The highest BCUT2D eigenvalue weighted by molar-refractivity contribution is 4.99. The number of hydrogen-bond donors (Lipinski definition) is 2. The Hall–Kier alpha value is -0.870. The van der Waals surface area contributed by atoms with Gasteiger partial charge in [-0.3, -0.25) is 4.68 Å². The molecule has 1 unspecified atom stereocenters. The molecule has 1 aliphatic carbocycles. The van der Waals surface area contributed by atoms with Crippen molar-refractivity contribution < 1.29 is 5.11 Å². The van der Waals surface area contributed by atoms with E-state index in [-0.39, 0.29) is 6.10 Å². The van der Waals surface area contributed by atoms with Gasteiger partial charge in [-0.2, -0.15) is 5.10 Å². The van der Waals surface area contributed by atoms with Gasteiger partial charge in [0.05, 0.1) is 11.8 Å². The van der Waals surface area contributed by atoms with Crippen molar-refractivity contribution in [3.05, 3.63) is 18.0 Å². The van der Waals surface area contributed by atoms with Gasteiger partial charge in [0.2, 0.25) is 0 Å². The van der Waals surface area contributed by atoms with E-state index in [1.54, 1.807) is 0 Å². The molecule has 4 heteroatoms. The average molecular weight is 237 g/mol. The lowest BCUT2D eigenvalue weighted by atomic mass is 10.0. The molecule has 17 heavy (non-hydrogen) atoms. The molecule has 4 nitrogen and oxygen atoms in total. The molecule has 1 heterocycles. The number of aryl methyl sites for hydroxylation is 1. The zero-order valence-electron chi connectivity index (χ0n) is 10.6. The molecule has 0 aliphatic heterocycles. The van der Waals surface area contributed by atoms with Gasteiger partial charge in [0, 0.05) is 25.8 Å². The summed E-state index contributed by atoms with van der Waals surface area (Å²) in [5.41, 5.74) is 1.19. The highest BCUT2D eigenvalue weighted by Gasteiger charge is 2.22. The van der Waals surface area contributed by atoms with E-state index in [1.807, 2.05) is 16.9 Å². The van der Waals surface area contributed by atoms with E-state index in [9.17, 15) is 5.11 Å². The summed E-state index contributed by atoms with van der Waals surface area (Å²) in [6.07, 6.45) is 6.59. The van der Waals surface area contributed by atoms with Crippen LogP contribution >= 0.6 is 0 Å². The Morgan fingerprint density at radius 3 is 3.00 bits per heavy atom. The van der Waals surface area contributed by atoms with Crippen LogP contribution < -0.4 is 5.32 Å². The monoisotopic (exact) mass is 237 g/mol. The van der Waals surface area contributed by atoms with Crippen molar-refractivity contribution in [2.75, 3.05) is 6.54 Å². The first-order chi connectivity index (χ1) is 8.31. The Labute approximate surface area is 103 Å². The van der Waals surface area contributed by atoms with Crippen molar-refractivity contribution in [1.82, 2.24) is 15.1 Å². The predicted molar refractivity (Wildman–Crippen MR) is 67.6 cm³/mol. The van der Waals surface area contributed by atoms with Crippen molar-refractivity contribution in [2.45, 2.75) is 51.8 Å². The SMILES string of the molecule is CCn1nccc1CNCC(O)C1CCCC1. The highest BCUT2D eigenvalue weighted by Crippen LogP contribution is 2.27. The third-order valence-corrected chi connectivity index (χ3v) is 3.71. The highest BCUT2D eigenvalue weighted by atomic mass is 16.3. The molecule has 0 aromatic carbocycles. The van der Waals surface area contributed by atoms with Crippen LogP contribution in [0.2, 0.25) is 0 Å².